The van der Waals surface area contributed by atoms with Gasteiger partial charge in [-0.1, -0.05) is 0 Å². The number of halogens is 2. The van der Waals surface area contributed by atoms with Crippen molar-refractivity contribution < 1.29 is 18.4 Å². The van der Waals surface area contributed by atoms with E-state index in [9.17, 15) is 18.4 Å². The number of pyridine rings is 1. The van der Waals surface area contributed by atoms with E-state index < -0.39 is 17.9 Å². The number of alkyl halides is 2. The summed E-state index contributed by atoms with van der Waals surface area (Å²) in [6.07, 6.45) is 1.40. The number of amides is 2. The molecule has 0 saturated carbocycles. The Balaban J connectivity index is 1.45. The molecule has 2 aliphatic rings. The molecule has 0 radical (unpaired) electrons. The van der Waals surface area contributed by atoms with Gasteiger partial charge in [0.25, 0.3) is 5.91 Å². The monoisotopic (exact) mass is 459 g/mol. The molecule has 10 heteroatoms. The van der Waals surface area contributed by atoms with Crippen LogP contribution in [0.25, 0.3) is 10.9 Å². The van der Waals surface area contributed by atoms with Crippen LogP contribution >= 0.6 is 11.8 Å². The van der Waals surface area contributed by atoms with Gasteiger partial charge in [0.15, 0.2) is 0 Å². The van der Waals surface area contributed by atoms with Gasteiger partial charge < -0.3 is 15.1 Å². The number of rotatable bonds is 6. The molecular weight excluding hydrogens is 436 g/mol. The first-order valence-corrected chi connectivity index (χ1v) is 11.5. The van der Waals surface area contributed by atoms with Gasteiger partial charge in [-0.2, -0.15) is 5.26 Å². The number of fused-ring (bicyclic) bond motifs is 1. The summed E-state index contributed by atoms with van der Waals surface area (Å²) < 4.78 is 26.5. The van der Waals surface area contributed by atoms with Crippen LogP contribution in [0.4, 0.5) is 14.5 Å². The number of hydrogen-bond donors (Lipinski definition) is 1. The zero-order valence-electron chi connectivity index (χ0n) is 17.6. The zero-order valence-corrected chi connectivity index (χ0v) is 18.4. The third-order valence-electron chi connectivity index (χ3n) is 5.69. The third kappa shape index (κ3) is 4.78. The maximum absolute atomic E-state index is 13.2. The lowest BCUT2D eigenvalue weighted by atomic mass is 9.92. The molecule has 1 aromatic heterocycles. The number of aromatic nitrogens is 1. The molecule has 2 aromatic rings. The number of nitriles is 1. The van der Waals surface area contributed by atoms with Gasteiger partial charge in [-0.25, -0.2) is 8.78 Å². The Morgan fingerprint density at radius 2 is 2.12 bits per heavy atom. The summed E-state index contributed by atoms with van der Waals surface area (Å²) >= 11 is 1.51. The van der Waals surface area contributed by atoms with Crippen molar-refractivity contribution >= 4 is 40.2 Å². The molecule has 2 amide bonds. The van der Waals surface area contributed by atoms with Crippen LogP contribution < -0.4 is 10.2 Å². The van der Waals surface area contributed by atoms with E-state index in [-0.39, 0.29) is 24.8 Å². The molecule has 1 N–H and O–H groups in total. The van der Waals surface area contributed by atoms with E-state index in [4.69, 9.17) is 5.26 Å². The molecule has 2 fully saturated rings. The number of carbonyl (C=O) groups is 2. The van der Waals surface area contributed by atoms with Crippen molar-refractivity contribution in [2.45, 2.75) is 25.3 Å². The summed E-state index contributed by atoms with van der Waals surface area (Å²) in [5.74, 6) is -2.43. The first-order valence-electron chi connectivity index (χ1n) is 10.3. The first kappa shape index (κ1) is 22.3. The maximum atomic E-state index is 13.2. The second-order valence-corrected chi connectivity index (χ2v) is 9.30. The second-order valence-electron chi connectivity index (χ2n) is 8.30. The summed E-state index contributed by atoms with van der Waals surface area (Å²) in [6, 6.07) is 8.72. The van der Waals surface area contributed by atoms with Crippen molar-refractivity contribution in [2.24, 2.45) is 5.92 Å². The summed E-state index contributed by atoms with van der Waals surface area (Å²) in [5, 5.41) is 12.4. The highest BCUT2D eigenvalue weighted by atomic mass is 32.2. The minimum Gasteiger partial charge on any atom is -0.371 e. The fourth-order valence-corrected chi connectivity index (χ4v) is 5.20. The molecule has 32 heavy (non-hydrogen) atoms. The molecule has 0 bridgehead atoms. The van der Waals surface area contributed by atoms with Crippen LogP contribution in [0.1, 0.15) is 23.7 Å². The van der Waals surface area contributed by atoms with Crippen molar-refractivity contribution in [3.8, 4) is 6.07 Å². The quantitative estimate of drug-likeness (QED) is 0.715. The molecule has 1 unspecified atom stereocenters. The second kappa shape index (κ2) is 8.90. The normalized spacial score (nSPS) is 19.0. The Labute approximate surface area is 188 Å². The molecule has 3 heterocycles. The molecule has 0 spiro atoms. The highest BCUT2D eigenvalue weighted by Gasteiger charge is 2.35. The number of anilines is 1. The van der Waals surface area contributed by atoms with Crippen molar-refractivity contribution in [1.82, 2.24) is 15.2 Å². The van der Waals surface area contributed by atoms with Gasteiger partial charge in [-0.3, -0.25) is 14.6 Å². The summed E-state index contributed by atoms with van der Waals surface area (Å²) in [4.78, 5) is 33.0. The lowest BCUT2D eigenvalue weighted by Gasteiger charge is -2.42. The van der Waals surface area contributed by atoms with Crippen molar-refractivity contribution in [3.05, 3.63) is 36.0 Å². The largest absolute Gasteiger partial charge is 0.371 e. The summed E-state index contributed by atoms with van der Waals surface area (Å²) in [6.45, 7) is 1.83. The number of carbonyl (C=O) groups excluding carboxylic acids is 2. The van der Waals surface area contributed by atoms with Gasteiger partial charge in [0.2, 0.25) is 11.8 Å². The Morgan fingerprint density at radius 1 is 1.34 bits per heavy atom. The lowest BCUT2D eigenvalue weighted by molar-refractivity contribution is -0.129. The topological polar surface area (TPSA) is 89.3 Å². The Morgan fingerprint density at radius 3 is 2.84 bits per heavy atom. The van der Waals surface area contributed by atoms with Gasteiger partial charge in [0, 0.05) is 42.5 Å². The number of nitrogens with one attached hydrogen (secondary N) is 1. The molecule has 4 rings (SSSR count). The Kier molecular flexibility index (Phi) is 6.20. The van der Waals surface area contributed by atoms with Crippen LogP contribution in [0.2, 0.25) is 0 Å². The smallest absolute Gasteiger partial charge is 0.252 e. The average Bonchev–Trinajstić information content (AvgIpc) is 3.21. The lowest BCUT2D eigenvalue weighted by Crippen LogP contribution is -2.48. The van der Waals surface area contributed by atoms with Gasteiger partial charge in [0.1, 0.15) is 6.04 Å². The van der Waals surface area contributed by atoms with E-state index in [0.29, 0.717) is 41.2 Å². The predicted octanol–water partition coefficient (Wildman–Crippen LogP) is 2.87. The molecule has 1 aromatic carbocycles. The van der Waals surface area contributed by atoms with E-state index in [0.717, 1.165) is 12.6 Å². The number of nitrogens with zero attached hydrogens (tertiary/aromatic N) is 4. The number of benzene rings is 1. The van der Waals surface area contributed by atoms with E-state index in [1.165, 1.54) is 22.9 Å². The summed E-state index contributed by atoms with van der Waals surface area (Å²) in [5.41, 5.74) is 1.86. The Bertz CT molecular complexity index is 1080. The number of thioether (sulfide) groups is 1. The highest BCUT2D eigenvalue weighted by molar-refractivity contribution is 7.99. The van der Waals surface area contributed by atoms with Gasteiger partial charge >= 0.3 is 0 Å². The third-order valence-corrected chi connectivity index (χ3v) is 6.70. The van der Waals surface area contributed by atoms with E-state index in [1.807, 2.05) is 17.0 Å². The van der Waals surface area contributed by atoms with Crippen LogP contribution in [-0.4, -0.2) is 64.9 Å². The van der Waals surface area contributed by atoms with Gasteiger partial charge in [-0.15, -0.1) is 11.8 Å². The fourth-order valence-electron chi connectivity index (χ4n) is 4.09. The minimum absolute atomic E-state index is 0.0608. The molecule has 2 aliphatic heterocycles. The molecule has 1 atom stereocenters. The average molecular weight is 460 g/mol. The minimum atomic E-state index is -2.67. The molecular formula is C22H23F2N5O2S. The molecule has 168 valence electrons. The molecule has 7 nitrogen and oxygen atoms in total. The Hall–Kier alpha value is -2.93. The van der Waals surface area contributed by atoms with E-state index in [1.54, 1.807) is 12.1 Å². The van der Waals surface area contributed by atoms with E-state index >= 15 is 0 Å². The van der Waals surface area contributed by atoms with Crippen LogP contribution in [0, 0.1) is 17.2 Å². The fraction of sp³-hybridized carbons (Fsp3) is 0.455. The standard InChI is InChI=1S/C22H23F2N5O2S/c1-22(23,24)7-14-10-28(11-14)15-2-3-19-18(6-15)17(4-5-26-19)21(31)27-9-20(30)29-13-32-12-16(29)8-25/h2-6,14,16H,7,9-13H2,1H3,(H,27,31). The van der Waals surface area contributed by atoms with E-state index in [2.05, 4.69) is 16.4 Å². The zero-order chi connectivity index (χ0) is 22.9. The van der Waals surface area contributed by atoms with Crippen LogP contribution in [0.3, 0.4) is 0 Å². The van der Waals surface area contributed by atoms with Crippen molar-refractivity contribution in [2.75, 3.05) is 36.2 Å². The van der Waals surface area contributed by atoms with Crippen LogP contribution in [0.5, 0.6) is 0 Å². The van der Waals surface area contributed by atoms with Crippen LogP contribution in [-0.2, 0) is 4.79 Å². The SMILES string of the molecule is CC(F)(F)CC1CN(c2ccc3nccc(C(=O)NCC(=O)N4CSCC4C#N)c3c2)C1. The van der Waals surface area contributed by atoms with Crippen molar-refractivity contribution in [1.29, 1.82) is 5.26 Å². The number of hydrogen-bond acceptors (Lipinski definition) is 6. The predicted molar refractivity (Wildman–Crippen MR) is 119 cm³/mol. The van der Waals surface area contributed by atoms with Crippen molar-refractivity contribution in [3.63, 3.8) is 0 Å². The summed E-state index contributed by atoms with van der Waals surface area (Å²) in [7, 11) is 0. The van der Waals surface area contributed by atoms with Gasteiger partial charge in [0.05, 0.1) is 29.6 Å². The highest BCUT2D eigenvalue weighted by Crippen LogP contribution is 2.33. The van der Waals surface area contributed by atoms with Crippen LogP contribution in [0.15, 0.2) is 30.5 Å². The first-order chi connectivity index (χ1) is 15.2. The maximum Gasteiger partial charge on any atom is 0.252 e. The molecule has 0 aliphatic carbocycles. The molecule has 2 saturated heterocycles. The van der Waals surface area contributed by atoms with Gasteiger partial charge in [-0.05, 0) is 37.1 Å².